The molecule has 0 bridgehead atoms. The second kappa shape index (κ2) is 6.42. The number of benzene rings is 1. The van der Waals surface area contributed by atoms with E-state index >= 15 is 0 Å². The largest absolute Gasteiger partial charge is 0.382 e. The van der Waals surface area contributed by atoms with Crippen LogP contribution < -0.4 is 11.1 Å². The molecule has 7 heteroatoms. The molecule has 2 rings (SSSR count). The smallest absolute Gasteiger partial charge is 0.146 e. The van der Waals surface area contributed by atoms with Crippen molar-refractivity contribution in [3.63, 3.8) is 0 Å². The van der Waals surface area contributed by atoms with Gasteiger partial charge >= 0.3 is 0 Å². The summed E-state index contributed by atoms with van der Waals surface area (Å²) < 4.78 is 15.3. The minimum absolute atomic E-state index is 0.297. The number of rotatable bonds is 6. The van der Waals surface area contributed by atoms with Crippen molar-refractivity contribution in [2.45, 2.75) is 13.8 Å². The van der Waals surface area contributed by atoms with Crippen molar-refractivity contribution in [3.8, 4) is 5.69 Å². The molecule has 0 spiro atoms. The van der Waals surface area contributed by atoms with Crippen LogP contribution in [0.1, 0.15) is 13.8 Å². The minimum atomic E-state index is -0.304. The molecular formula is C13H19FN6. The molecule has 0 fully saturated rings. The van der Waals surface area contributed by atoms with Crippen LogP contribution in [0.4, 0.5) is 10.1 Å². The van der Waals surface area contributed by atoms with E-state index in [0.29, 0.717) is 36.3 Å². The van der Waals surface area contributed by atoms with E-state index in [1.165, 1.54) is 17.1 Å². The third kappa shape index (κ3) is 3.30. The third-order valence-electron chi connectivity index (χ3n) is 3.36. The summed E-state index contributed by atoms with van der Waals surface area (Å²) in [5, 5.41) is 14.0. The normalized spacial score (nSPS) is 12.7. The Morgan fingerprint density at radius 3 is 2.80 bits per heavy atom. The fourth-order valence-corrected chi connectivity index (χ4v) is 1.90. The maximum Gasteiger partial charge on any atom is 0.146 e. The van der Waals surface area contributed by atoms with E-state index in [9.17, 15) is 4.39 Å². The maximum atomic E-state index is 13.8. The van der Waals surface area contributed by atoms with E-state index in [0.717, 1.165) is 0 Å². The highest BCUT2D eigenvalue weighted by atomic mass is 19.1. The SMILES string of the molecule is CC(C)C(CN)CNc1cc(-n2cnnn2)ccc1F. The summed E-state index contributed by atoms with van der Waals surface area (Å²) in [6, 6.07) is 4.70. The molecule has 0 saturated heterocycles. The number of nitrogens with one attached hydrogen (secondary N) is 1. The molecule has 2 aromatic rings. The summed E-state index contributed by atoms with van der Waals surface area (Å²) in [5.74, 6) is 0.436. The molecule has 0 aliphatic carbocycles. The molecule has 0 saturated carbocycles. The van der Waals surface area contributed by atoms with Crippen LogP contribution in [-0.2, 0) is 0 Å². The first-order valence-corrected chi connectivity index (χ1v) is 6.58. The van der Waals surface area contributed by atoms with Crippen molar-refractivity contribution in [1.82, 2.24) is 20.2 Å². The lowest BCUT2D eigenvalue weighted by molar-refractivity contribution is 0.412. The fourth-order valence-electron chi connectivity index (χ4n) is 1.90. The van der Waals surface area contributed by atoms with Crippen LogP contribution in [0.5, 0.6) is 0 Å². The number of hydrogen-bond donors (Lipinski definition) is 2. The van der Waals surface area contributed by atoms with Crippen molar-refractivity contribution in [3.05, 3.63) is 30.3 Å². The zero-order chi connectivity index (χ0) is 14.5. The van der Waals surface area contributed by atoms with E-state index in [4.69, 9.17) is 5.73 Å². The van der Waals surface area contributed by atoms with Gasteiger partial charge in [-0.05, 0) is 47.0 Å². The van der Waals surface area contributed by atoms with Gasteiger partial charge in [-0.15, -0.1) is 5.10 Å². The lowest BCUT2D eigenvalue weighted by Gasteiger charge is -2.20. The Labute approximate surface area is 117 Å². The Kier molecular flexibility index (Phi) is 4.62. The lowest BCUT2D eigenvalue weighted by Crippen LogP contribution is -2.27. The number of nitrogens with zero attached hydrogens (tertiary/aromatic N) is 4. The van der Waals surface area contributed by atoms with E-state index in [1.54, 1.807) is 12.1 Å². The Morgan fingerprint density at radius 2 is 2.20 bits per heavy atom. The van der Waals surface area contributed by atoms with Crippen LogP contribution in [0.2, 0.25) is 0 Å². The molecule has 1 aromatic heterocycles. The highest BCUT2D eigenvalue weighted by Crippen LogP contribution is 2.19. The van der Waals surface area contributed by atoms with Crippen LogP contribution in [0.3, 0.4) is 0 Å². The van der Waals surface area contributed by atoms with Crippen molar-refractivity contribution in [2.75, 3.05) is 18.4 Å². The van der Waals surface area contributed by atoms with E-state index in [-0.39, 0.29) is 5.82 Å². The minimum Gasteiger partial charge on any atom is -0.382 e. The predicted octanol–water partition coefficient (Wildman–Crippen LogP) is 1.44. The van der Waals surface area contributed by atoms with Gasteiger partial charge in [0.25, 0.3) is 0 Å². The third-order valence-corrected chi connectivity index (χ3v) is 3.36. The Hall–Kier alpha value is -2.02. The lowest BCUT2D eigenvalue weighted by atomic mass is 9.96. The van der Waals surface area contributed by atoms with Crippen LogP contribution in [-0.4, -0.2) is 33.3 Å². The number of tetrazole rings is 1. The van der Waals surface area contributed by atoms with Gasteiger partial charge in [0, 0.05) is 6.54 Å². The van der Waals surface area contributed by atoms with Gasteiger partial charge in [-0.3, -0.25) is 0 Å². The quantitative estimate of drug-likeness (QED) is 0.835. The molecule has 1 heterocycles. The first-order chi connectivity index (χ1) is 9.61. The Bertz CT molecular complexity index is 540. The average molecular weight is 278 g/mol. The molecule has 6 nitrogen and oxygen atoms in total. The molecule has 3 N–H and O–H groups in total. The van der Waals surface area contributed by atoms with Crippen LogP contribution in [0.25, 0.3) is 5.69 Å². The van der Waals surface area contributed by atoms with Gasteiger partial charge in [0.05, 0.1) is 11.4 Å². The molecule has 0 aliphatic heterocycles. The van der Waals surface area contributed by atoms with Crippen molar-refractivity contribution >= 4 is 5.69 Å². The molecule has 0 aliphatic rings. The molecule has 1 aromatic carbocycles. The molecule has 0 amide bonds. The monoisotopic (exact) mass is 278 g/mol. The van der Waals surface area contributed by atoms with Gasteiger partial charge in [0.2, 0.25) is 0 Å². The maximum absolute atomic E-state index is 13.8. The summed E-state index contributed by atoms with van der Waals surface area (Å²) in [6.45, 7) is 5.41. The molecular weight excluding hydrogens is 259 g/mol. The number of hydrogen-bond acceptors (Lipinski definition) is 5. The first kappa shape index (κ1) is 14.4. The molecule has 1 unspecified atom stereocenters. The number of anilines is 1. The predicted molar refractivity (Wildman–Crippen MR) is 75.0 cm³/mol. The van der Waals surface area contributed by atoms with Crippen LogP contribution in [0, 0.1) is 17.7 Å². The van der Waals surface area contributed by atoms with Crippen LogP contribution >= 0.6 is 0 Å². The van der Waals surface area contributed by atoms with Gasteiger partial charge in [-0.2, -0.15) is 0 Å². The summed E-state index contributed by atoms with van der Waals surface area (Å²) in [5.41, 5.74) is 6.85. The summed E-state index contributed by atoms with van der Waals surface area (Å²) >= 11 is 0. The summed E-state index contributed by atoms with van der Waals surface area (Å²) in [7, 11) is 0. The van der Waals surface area contributed by atoms with Gasteiger partial charge < -0.3 is 11.1 Å². The number of halogens is 1. The molecule has 108 valence electrons. The topological polar surface area (TPSA) is 81.6 Å². The highest BCUT2D eigenvalue weighted by Gasteiger charge is 2.12. The Balaban J connectivity index is 2.13. The van der Waals surface area contributed by atoms with E-state index in [1.807, 2.05) is 0 Å². The van der Waals surface area contributed by atoms with Gasteiger partial charge in [0.1, 0.15) is 12.1 Å². The summed E-state index contributed by atoms with van der Waals surface area (Å²) in [4.78, 5) is 0. The van der Waals surface area contributed by atoms with Crippen molar-refractivity contribution in [2.24, 2.45) is 17.6 Å². The number of nitrogens with two attached hydrogens (primary N) is 1. The first-order valence-electron chi connectivity index (χ1n) is 6.58. The second-order valence-electron chi connectivity index (χ2n) is 5.04. The van der Waals surface area contributed by atoms with Crippen molar-refractivity contribution < 1.29 is 4.39 Å². The molecule has 20 heavy (non-hydrogen) atoms. The van der Waals surface area contributed by atoms with Crippen LogP contribution in [0.15, 0.2) is 24.5 Å². The van der Waals surface area contributed by atoms with Crippen molar-refractivity contribution in [1.29, 1.82) is 0 Å². The number of aromatic nitrogens is 4. The highest BCUT2D eigenvalue weighted by molar-refractivity contribution is 5.52. The average Bonchev–Trinajstić information content (AvgIpc) is 2.95. The fraction of sp³-hybridized carbons (Fsp3) is 0.462. The molecule has 0 radical (unpaired) electrons. The van der Waals surface area contributed by atoms with Gasteiger partial charge in [0.15, 0.2) is 0 Å². The Morgan fingerprint density at radius 1 is 1.40 bits per heavy atom. The molecule has 1 atom stereocenters. The van der Waals surface area contributed by atoms with Gasteiger partial charge in [-0.1, -0.05) is 13.8 Å². The standard InChI is InChI=1S/C13H19FN6/c1-9(2)10(6-15)7-16-13-5-11(3-4-12(13)14)20-8-17-18-19-20/h3-5,8-10,16H,6-7,15H2,1-2H3. The summed E-state index contributed by atoms with van der Waals surface area (Å²) in [6.07, 6.45) is 1.47. The zero-order valence-electron chi connectivity index (χ0n) is 11.6. The van der Waals surface area contributed by atoms with Gasteiger partial charge in [-0.25, -0.2) is 9.07 Å². The zero-order valence-corrected chi connectivity index (χ0v) is 11.6. The van der Waals surface area contributed by atoms with E-state index in [2.05, 4.69) is 34.7 Å². The van der Waals surface area contributed by atoms with E-state index < -0.39 is 0 Å². The second-order valence-corrected chi connectivity index (χ2v) is 5.04.